The van der Waals surface area contributed by atoms with Gasteiger partial charge in [0.15, 0.2) is 0 Å². The van der Waals surface area contributed by atoms with Crippen molar-refractivity contribution < 1.29 is 9.53 Å². The average Bonchev–Trinajstić information content (AvgIpc) is 2.59. The van der Waals surface area contributed by atoms with Crippen LogP contribution in [-0.4, -0.2) is 11.6 Å². The highest BCUT2D eigenvalue weighted by Gasteiger charge is 2.70. The summed E-state index contributed by atoms with van der Waals surface area (Å²) in [5.74, 6) is 5.23. The van der Waals surface area contributed by atoms with E-state index < -0.39 is 0 Å². The fourth-order valence-electron chi connectivity index (χ4n) is 10.4. The van der Waals surface area contributed by atoms with Crippen molar-refractivity contribution in [1.82, 2.24) is 0 Å². The molecule has 0 heterocycles. The van der Waals surface area contributed by atoms with E-state index in [1.807, 2.05) is 6.92 Å². The zero-order valence-corrected chi connectivity index (χ0v) is 18.0. The van der Waals surface area contributed by atoms with Crippen LogP contribution in [0.1, 0.15) is 90.9 Å². The second kappa shape index (κ2) is 5.67. The van der Waals surface area contributed by atoms with Crippen LogP contribution in [-0.2, 0) is 9.53 Å². The predicted molar refractivity (Wildman–Crippen MR) is 111 cm³/mol. The number of hydrogen-bond donors (Lipinski definition) is 0. The minimum Gasteiger partial charge on any atom is -0.455 e. The highest BCUT2D eigenvalue weighted by atomic mass is 16.6. The van der Waals surface area contributed by atoms with Crippen molar-refractivity contribution >= 4 is 5.97 Å². The molecular formula is C26H38O2. The summed E-state index contributed by atoms with van der Waals surface area (Å²) < 4.78 is 6.73. The molecule has 0 aromatic carbocycles. The van der Waals surface area contributed by atoms with Gasteiger partial charge in [0, 0.05) is 16.4 Å². The van der Waals surface area contributed by atoms with Gasteiger partial charge in [0.25, 0.3) is 0 Å². The first-order valence-corrected chi connectivity index (χ1v) is 12.2. The molecule has 8 aliphatic carbocycles. The Bertz CT molecular complexity index is 601. The van der Waals surface area contributed by atoms with Gasteiger partial charge in [0.05, 0.1) is 0 Å². The number of carbonyl (C=O) groups is 1. The number of esters is 1. The second-order valence-corrected chi connectivity index (χ2v) is 12.6. The van der Waals surface area contributed by atoms with E-state index in [0.29, 0.717) is 5.57 Å². The first kappa shape index (κ1) is 18.0. The Labute approximate surface area is 170 Å². The van der Waals surface area contributed by atoms with Crippen LogP contribution in [0.15, 0.2) is 12.2 Å². The van der Waals surface area contributed by atoms with E-state index in [9.17, 15) is 4.79 Å². The molecule has 0 atom stereocenters. The van der Waals surface area contributed by atoms with Crippen LogP contribution in [0.2, 0.25) is 0 Å². The van der Waals surface area contributed by atoms with Crippen LogP contribution in [0.25, 0.3) is 0 Å². The van der Waals surface area contributed by atoms with Gasteiger partial charge in [-0.05, 0) is 126 Å². The van der Waals surface area contributed by atoms with Gasteiger partial charge >= 0.3 is 5.97 Å². The van der Waals surface area contributed by atoms with E-state index in [0.717, 1.165) is 35.5 Å². The quantitative estimate of drug-likeness (QED) is 0.421. The zero-order valence-electron chi connectivity index (χ0n) is 18.0. The van der Waals surface area contributed by atoms with Crippen LogP contribution in [0.5, 0.6) is 0 Å². The van der Waals surface area contributed by atoms with Crippen LogP contribution in [0.3, 0.4) is 0 Å². The molecule has 154 valence electrons. The van der Waals surface area contributed by atoms with E-state index in [4.69, 9.17) is 4.74 Å². The molecule has 2 heteroatoms. The minimum atomic E-state index is -0.290. The Hall–Kier alpha value is -0.790. The van der Waals surface area contributed by atoms with Gasteiger partial charge in [-0.2, -0.15) is 0 Å². The fraction of sp³-hybridized carbons (Fsp3) is 0.885. The van der Waals surface area contributed by atoms with Gasteiger partial charge in [-0.15, -0.1) is 0 Å². The van der Waals surface area contributed by atoms with Crippen LogP contribution >= 0.6 is 0 Å². The summed E-state index contributed by atoms with van der Waals surface area (Å²) in [6, 6.07) is 0. The lowest BCUT2D eigenvalue weighted by atomic mass is 9.37. The molecule has 0 aromatic heterocycles. The third kappa shape index (κ3) is 2.30. The third-order valence-corrected chi connectivity index (χ3v) is 10.7. The normalized spacial score (nSPS) is 52.5. The molecule has 8 aliphatic rings. The van der Waals surface area contributed by atoms with Crippen molar-refractivity contribution in [3.8, 4) is 0 Å². The molecule has 0 radical (unpaired) electrons. The Morgan fingerprint density at radius 1 is 0.750 bits per heavy atom. The molecule has 8 rings (SSSR count). The maximum atomic E-state index is 13.0. The van der Waals surface area contributed by atoms with Gasteiger partial charge < -0.3 is 4.74 Å². The van der Waals surface area contributed by atoms with E-state index in [1.165, 1.54) is 77.0 Å². The summed E-state index contributed by atoms with van der Waals surface area (Å²) in [4.78, 5) is 13.0. The van der Waals surface area contributed by atoms with Gasteiger partial charge in [0.2, 0.25) is 0 Å². The first-order valence-electron chi connectivity index (χ1n) is 12.2. The van der Waals surface area contributed by atoms with Crippen molar-refractivity contribution in [1.29, 1.82) is 0 Å². The molecule has 0 aromatic rings. The van der Waals surface area contributed by atoms with Crippen LogP contribution < -0.4 is 0 Å². The Kier molecular flexibility index (Phi) is 3.65. The molecule has 8 saturated carbocycles. The fourth-order valence-corrected chi connectivity index (χ4v) is 10.4. The topological polar surface area (TPSA) is 26.3 Å². The molecule has 0 spiro atoms. The SMILES string of the molecule is C=C(C)C(=O)OC(C)(C12CC3CC(CC(C3)C1)C2)C12CC3CC(CC(C3)C1)C2. The Morgan fingerprint density at radius 2 is 1.04 bits per heavy atom. The Balaban J connectivity index is 1.45. The molecule has 8 fully saturated rings. The maximum absolute atomic E-state index is 13.0. The summed E-state index contributed by atoms with van der Waals surface area (Å²) in [7, 11) is 0. The zero-order chi connectivity index (χ0) is 19.3. The van der Waals surface area contributed by atoms with Crippen molar-refractivity contribution in [2.75, 3.05) is 0 Å². The number of rotatable bonds is 4. The van der Waals surface area contributed by atoms with Gasteiger partial charge in [-0.1, -0.05) is 6.58 Å². The van der Waals surface area contributed by atoms with Crippen molar-refractivity contribution in [2.45, 2.75) is 96.5 Å². The highest BCUT2D eigenvalue weighted by molar-refractivity contribution is 5.87. The van der Waals surface area contributed by atoms with E-state index in [-0.39, 0.29) is 22.4 Å². The summed E-state index contributed by atoms with van der Waals surface area (Å²) >= 11 is 0. The summed E-state index contributed by atoms with van der Waals surface area (Å²) in [6.07, 6.45) is 16.6. The van der Waals surface area contributed by atoms with Crippen molar-refractivity contribution in [3.05, 3.63) is 12.2 Å². The maximum Gasteiger partial charge on any atom is 0.333 e. The number of hydrogen-bond acceptors (Lipinski definition) is 2. The molecule has 0 saturated heterocycles. The van der Waals surface area contributed by atoms with Crippen LogP contribution in [0, 0.1) is 46.3 Å². The summed E-state index contributed by atoms with van der Waals surface area (Å²) in [5.41, 5.74) is 0.764. The first-order chi connectivity index (χ1) is 13.3. The lowest BCUT2D eigenvalue weighted by molar-refractivity contribution is -0.270. The largest absolute Gasteiger partial charge is 0.455 e. The molecule has 8 bridgehead atoms. The lowest BCUT2D eigenvalue weighted by Gasteiger charge is -2.70. The monoisotopic (exact) mass is 382 g/mol. The molecular weight excluding hydrogens is 344 g/mol. The second-order valence-electron chi connectivity index (χ2n) is 12.6. The Morgan fingerprint density at radius 3 is 1.29 bits per heavy atom. The molecule has 0 aliphatic heterocycles. The summed E-state index contributed by atoms with van der Waals surface area (Å²) in [5, 5.41) is 0. The number of carbonyl (C=O) groups excluding carboxylic acids is 1. The molecule has 2 nitrogen and oxygen atoms in total. The minimum absolute atomic E-state index is 0.117. The van der Waals surface area contributed by atoms with E-state index >= 15 is 0 Å². The van der Waals surface area contributed by atoms with E-state index in [2.05, 4.69) is 13.5 Å². The van der Waals surface area contributed by atoms with Gasteiger partial charge in [0.1, 0.15) is 5.60 Å². The molecule has 0 amide bonds. The molecule has 28 heavy (non-hydrogen) atoms. The van der Waals surface area contributed by atoms with E-state index in [1.54, 1.807) is 0 Å². The highest BCUT2D eigenvalue weighted by Crippen LogP contribution is 2.73. The third-order valence-electron chi connectivity index (χ3n) is 10.7. The summed E-state index contributed by atoms with van der Waals surface area (Å²) in [6.45, 7) is 8.22. The van der Waals surface area contributed by atoms with Crippen LogP contribution in [0.4, 0.5) is 0 Å². The average molecular weight is 383 g/mol. The standard InChI is InChI=1S/C26H38O2/c1-16(2)23(27)28-24(3,25-10-17-4-18(11-25)6-19(5-17)12-25)26-13-20-7-21(14-26)9-22(8-20)15-26/h17-22H,1,4-15H2,2-3H3. The van der Waals surface area contributed by atoms with Gasteiger partial charge in [-0.25, -0.2) is 4.79 Å². The molecule has 0 unspecified atom stereocenters. The predicted octanol–water partition coefficient (Wildman–Crippen LogP) is 6.30. The smallest absolute Gasteiger partial charge is 0.333 e. The lowest BCUT2D eigenvalue weighted by Crippen LogP contribution is -2.68. The van der Waals surface area contributed by atoms with Crippen molar-refractivity contribution in [2.24, 2.45) is 46.3 Å². The number of ether oxygens (including phenoxy) is 1. The van der Waals surface area contributed by atoms with Crippen molar-refractivity contribution in [3.63, 3.8) is 0 Å². The molecule has 0 N–H and O–H groups in total. The van der Waals surface area contributed by atoms with Gasteiger partial charge in [-0.3, -0.25) is 0 Å².